The molecule has 0 aliphatic carbocycles. The smallest absolute Gasteiger partial charge is 0.221 e. The summed E-state index contributed by atoms with van der Waals surface area (Å²) < 4.78 is 18.3. The molecule has 0 radical (unpaired) electrons. The van der Waals surface area contributed by atoms with Crippen LogP contribution >= 0.6 is 0 Å². The zero-order chi connectivity index (χ0) is 21.9. The lowest BCUT2D eigenvalue weighted by molar-refractivity contribution is 0.0301. The Morgan fingerprint density at radius 3 is 2.84 bits per heavy atom. The minimum Gasteiger partial charge on any atom is -0.494 e. The van der Waals surface area contributed by atoms with Crippen LogP contribution in [0.3, 0.4) is 0 Å². The van der Waals surface area contributed by atoms with Gasteiger partial charge in [0.2, 0.25) is 5.95 Å². The Morgan fingerprint density at radius 1 is 1.12 bits per heavy atom. The van der Waals surface area contributed by atoms with Crippen molar-refractivity contribution >= 4 is 16.9 Å². The Kier molecular flexibility index (Phi) is 5.61. The molecule has 1 aliphatic rings. The van der Waals surface area contributed by atoms with Crippen molar-refractivity contribution in [2.75, 3.05) is 26.1 Å². The van der Waals surface area contributed by atoms with Gasteiger partial charge in [0.25, 0.3) is 0 Å². The first kappa shape index (κ1) is 20.3. The molecule has 10 nitrogen and oxygen atoms in total. The second kappa shape index (κ2) is 8.85. The molecule has 0 amide bonds. The van der Waals surface area contributed by atoms with Gasteiger partial charge in [-0.25, -0.2) is 14.6 Å². The fourth-order valence-electron chi connectivity index (χ4n) is 3.70. The average Bonchev–Trinajstić information content (AvgIpc) is 3.49. The molecule has 1 aromatic carbocycles. The third-order valence-electron chi connectivity index (χ3n) is 5.25. The molecular formula is C22H23N7O3. The second-order valence-corrected chi connectivity index (χ2v) is 7.51. The lowest BCUT2D eigenvalue weighted by Crippen LogP contribution is -2.13. The Bertz CT molecular complexity index is 1240. The first-order valence-corrected chi connectivity index (χ1v) is 10.3. The number of para-hydroxylation sites is 1. The summed E-state index contributed by atoms with van der Waals surface area (Å²) in [7, 11) is 1.59. The Labute approximate surface area is 184 Å². The van der Waals surface area contributed by atoms with Crippen molar-refractivity contribution in [1.82, 2.24) is 29.9 Å². The number of rotatable bonds is 7. The predicted molar refractivity (Wildman–Crippen MR) is 117 cm³/mol. The highest BCUT2D eigenvalue weighted by Crippen LogP contribution is 2.30. The van der Waals surface area contributed by atoms with Gasteiger partial charge in [0, 0.05) is 12.0 Å². The van der Waals surface area contributed by atoms with E-state index < -0.39 is 0 Å². The van der Waals surface area contributed by atoms with E-state index in [0.29, 0.717) is 42.4 Å². The normalized spacial score (nSPS) is 16.0. The molecule has 10 heteroatoms. The van der Waals surface area contributed by atoms with E-state index in [9.17, 15) is 0 Å². The lowest BCUT2D eigenvalue weighted by atomic mass is 10.1. The molecule has 1 saturated heterocycles. The molecule has 164 valence electrons. The van der Waals surface area contributed by atoms with E-state index in [1.807, 2.05) is 42.6 Å². The van der Waals surface area contributed by atoms with Crippen LogP contribution in [0, 0.1) is 0 Å². The van der Waals surface area contributed by atoms with Crippen molar-refractivity contribution in [2.24, 2.45) is 0 Å². The Morgan fingerprint density at radius 2 is 2.00 bits per heavy atom. The van der Waals surface area contributed by atoms with Gasteiger partial charge in [0.15, 0.2) is 0 Å². The number of nitrogens with zero attached hydrogens (tertiary/aromatic N) is 6. The number of aromatic nitrogens is 6. The van der Waals surface area contributed by atoms with Gasteiger partial charge in [-0.15, -0.1) is 5.10 Å². The van der Waals surface area contributed by atoms with Crippen LogP contribution in [-0.2, 0) is 22.6 Å². The van der Waals surface area contributed by atoms with E-state index in [2.05, 4.69) is 25.3 Å². The fourth-order valence-corrected chi connectivity index (χ4v) is 3.70. The van der Waals surface area contributed by atoms with Crippen LogP contribution in [0.25, 0.3) is 22.3 Å². The molecule has 1 aliphatic heterocycles. The summed E-state index contributed by atoms with van der Waals surface area (Å²) in [6, 6.07) is 11.5. The number of hydrogen-bond donors (Lipinski definition) is 1. The monoisotopic (exact) mass is 433 g/mol. The number of nitrogens with two attached hydrogens (primary N) is 1. The van der Waals surface area contributed by atoms with E-state index in [0.717, 1.165) is 29.8 Å². The maximum Gasteiger partial charge on any atom is 0.221 e. The van der Waals surface area contributed by atoms with Gasteiger partial charge in [-0.3, -0.25) is 4.98 Å². The molecule has 0 spiro atoms. The highest BCUT2D eigenvalue weighted by atomic mass is 16.5. The third-order valence-corrected chi connectivity index (χ3v) is 5.25. The van der Waals surface area contributed by atoms with E-state index in [-0.39, 0.29) is 12.1 Å². The summed E-state index contributed by atoms with van der Waals surface area (Å²) in [5.74, 6) is 0.770. The van der Waals surface area contributed by atoms with Gasteiger partial charge in [-0.05, 0) is 24.6 Å². The number of nitrogen functional groups attached to an aromatic ring is 1. The van der Waals surface area contributed by atoms with Crippen molar-refractivity contribution in [3.8, 4) is 17.1 Å². The lowest BCUT2D eigenvalue weighted by Gasteiger charge is -2.10. The highest BCUT2D eigenvalue weighted by molar-refractivity contribution is 5.95. The summed E-state index contributed by atoms with van der Waals surface area (Å²) in [6.45, 7) is 2.33. The van der Waals surface area contributed by atoms with Crippen LogP contribution in [0.2, 0.25) is 0 Å². The van der Waals surface area contributed by atoms with Crippen LogP contribution < -0.4 is 10.5 Å². The number of anilines is 1. The second-order valence-electron chi connectivity index (χ2n) is 7.51. The van der Waals surface area contributed by atoms with Gasteiger partial charge in [-0.2, -0.15) is 0 Å². The summed E-state index contributed by atoms with van der Waals surface area (Å²) in [5.41, 5.74) is 9.51. The van der Waals surface area contributed by atoms with Crippen LogP contribution in [0.5, 0.6) is 5.75 Å². The van der Waals surface area contributed by atoms with Gasteiger partial charge in [0.05, 0.1) is 50.6 Å². The van der Waals surface area contributed by atoms with E-state index >= 15 is 0 Å². The summed E-state index contributed by atoms with van der Waals surface area (Å²) in [6.07, 6.45) is 2.89. The number of benzene rings is 1. The molecule has 32 heavy (non-hydrogen) atoms. The summed E-state index contributed by atoms with van der Waals surface area (Å²) in [4.78, 5) is 13.4. The SMILES string of the molecule is COc1cccc2c(-c3cn(Cc4cccc(COC5CCOC5)n4)nn3)nc(N)nc12. The first-order chi connectivity index (χ1) is 15.7. The molecule has 5 rings (SSSR count). The standard InChI is InChI=1S/C22H23N7O3/c1-30-19-7-3-6-17-20(25-22(23)26-21(17)19)18-11-29(28-27-18)10-14-4-2-5-15(24-14)12-32-16-8-9-31-13-16/h2-7,11,16H,8-10,12-13H2,1H3,(H2,23,25,26). The van der Waals surface area contributed by atoms with Gasteiger partial charge >= 0.3 is 0 Å². The molecular weight excluding hydrogens is 410 g/mol. The number of fused-ring (bicyclic) bond motifs is 1. The minimum atomic E-state index is 0.145. The van der Waals surface area contributed by atoms with Crippen molar-refractivity contribution in [3.63, 3.8) is 0 Å². The number of methoxy groups -OCH3 is 1. The van der Waals surface area contributed by atoms with Crippen molar-refractivity contribution in [2.45, 2.75) is 25.7 Å². The maximum absolute atomic E-state index is 5.94. The number of ether oxygens (including phenoxy) is 3. The molecule has 4 heterocycles. The zero-order valence-corrected chi connectivity index (χ0v) is 17.6. The van der Waals surface area contributed by atoms with E-state index in [1.165, 1.54) is 0 Å². The minimum absolute atomic E-state index is 0.145. The zero-order valence-electron chi connectivity index (χ0n) is 17.6. The maximum atomic E-state index is 5.94. The number of hydrogen-bond acceptors (Lipinski definition) is 9. The fraction of sp³-hybridized carbons (Fsp3) is 0.318. The van der Waals surface area contributed by atoms with Gasteiger partial charge in [0.1, 0.15) is 22.7 Å². The topological polar surface area (TPSA) is 123 Å². The molecule has 1 fully saturated rings. The Balaban J connectivity index is 1.36. The summed E-state index contributed by atoms with van der Waals surface area (Å²) >= 11 is 0. The van der Waals surface area contributed by atoms with Crippen LogP contribution in [0.4, 0.5) is 5.95 Å². The van der Waals surface area contributed by atoms with Gasteiger partial charge in [-0.1, -0.05) is 23.4 Å². The highest BCUT2D eigenvalue weighted by Gasteiger charge is 2.17. The van der Waals surface area contributed by atoms with Crippen LogP contribution in [0.1, 0.15) is 17.8 Å². The molecule has 4 aromatic rings. The first-order valence-electron chi connectivity index (χ1n) is 10.3. The number of pyridine rings is 1. The van der Waals surface area contributed by atoms with Crippen LogP contribution in [0.15, 0.2) is 42.6 Å². The average molecular weight is 433 g/mol. The molecule has 0 saturated carbocycles. The molecule has 1 unspecified atom stereocenters. The molecule has 2 N–H and O–H groups in total. The van der Waals surface area contributed by atoms with Crippen LogP contribution in [-0.4, -0.2) is 56.4 Å². The van der Waals surface area contributed by atoms with E-state index in [1.54, 1.807) is 11.8 Å². The van der Waals surface area contributed by atoms with Crippen molar-refractivity contribution in [1.29, 1.82) is 0 Å². The van der Waals surface area contributed by atoms with Crippen molar-refractivity contribution in [3.05, 3.63) is 54.0 Å². The van der Waals surface area contributed by atoms with E-state index in [4.69, 9.17) is 19.9 Å². The quantitative estimate of drug-likeness (QED) is 0.467. The van der Waals surface area contributed by atoms with Crippen molar-refractivity contribution < 1.29 is 14.2 Å². The largest absolute Gasteiger partial charge is 0.494 e. The summed E-state index contributed by atoms with van der Waals surface area (Å²) in [5, 5.41) is 9.34. The Hall–Kier alpha value is -3.63. The third kappa shape index (κ3) is 4.23. The molecule has 3 aromatic heterocycles. The predicted octanol–water partition coefficient (Wildman–Crippen LogP) is 2.23. The molecule has 0 bridgehead atoms. The molecule has 1 atom stereocenters. The van der Waals surface area contributed by atoms with Gasteiger partial charge < -0.3 is 19.9 Å².